The van der Waals surface area contributed by atoms with Gasteiger partial charge in [0, 0.05) is 38.0 Å². The van der Waals surface area contributed by atoms with Gasteiger partial charge >= 0.3 is 5.97 Å². The number of hydrogen-bond acceptors (Lipinski definition) is 6. The number of carboxylic acid groups (broad SMARTS) is 1. The van der Waals surface area contributed by atoms with Crippen molar-refractivity contribution in [1.82, 2.24) is 10.2 Å². The molecule has 0 aliphatic carbocycles. The number of nitrogens with zero attached hydrogens (tertiary/aromatic N) is 4. The molecule has 0 radical (unpaired) electrons. The van der Waals surface area contributed by atoms with E-state index in [4.69, 9.17) is 20.1 Å². The Morgan fingerprint density at radius 3 is 2.56 bits per heavy atom. The highest BCUT2D eigenvalue weighted by molar-refractivity contribution is 5.78. The quantitative estimate of drug-likeness (QED) is 0.184. The molecule has 0 heterocycles. The molecule has 0 aromatic carbocycles. The molecule has 142 valence electrons. The summed E-state index contributed by atoms with van der Waals surface area (Å²) in [6, 6.07) is 0. The van der Waals surface area contributed by atoms with Crippen LogP contribution in [0, 0.1) is 0 Å². The van der Waals surface area contributed by atoms with Crippen LogP contribution in [-0.4, -0.2) is 80.4 Å². The van der Waals surface area contributed by atoms with Gasteiger partial charge in [-0.3, -0.25) is 14.4 Å². The smallest absolute Gasteiger partial charge is 0.305 e. The minimum absolute atomic E-state index is 0.0704. The lowest BCUT2D eigenvalue weighted by atomic mass is 10.3. The van der Waals surface area contributed by atoms with Crippen LogP contribution in [0.2, 0.25) is 0 Å². The van der Waals surface area contributed by atoms with Crippen molar-refractivity contribution in [1.29, 1.82) is 0 Å². The molecule has 0 unspecified atom stereocenters. The number of rotatable bonds is 15. The monoisotopic (exact) mass is 359 g/mol. The molecule has 0 aromatic heterocycles. The lowest BCUT2D eigenvalue weighted by molar-refractivity contribution is -0.140. The van der Waals surface area contributed by atoms with E-state index in [-0.39, 0.29) is 51.1 Å². The summed E-state index contributed by atoms with van der Waals surface area (Å²) in [4.78, 5) is 37.3. The third-order valence-corrected chi connectivity index (χ3v) is 2.92. The second kappa shape index (κ2) is 15.2. The molecule has 0 aliphatic rings. The summed E-state index contributed by atoms with van der Waals surface area (Å²) in [6.45, 7) is 3.06. The number of amides is 2. The molecule has 0 saturated carbocycles. The van der Waals surface area contributed by atoms with Crippen LogP contribution in [-0.2, 0) is 23.9 Å². The predicted octanol–water partition coefficient (Wildman–Crippen LogP) is 0.159. The van der Waals surface area contributed by atoms with Crippen molar-refractivity contribution >= 4 is 17.8 Å². The van der Waals surface area contributed by atoms with Crippen molar-refractivity contribution in [2.75, 3.05) is 52.6 Å². The van der Waals surface area contributed by atoms with Gasteiger partial charge in [0.2, 0.25) is 11.8 Å². The van der Waals surface area contributed by atoms with E-state index in [9.17, 15) is 14.4 Å². The van der Waals surface area contributed by atoms with Crippen LogP contribution in [0.3, 0.4) is 0 Å². The fourth-order valence-electron chi connectivity index (χ4n) is 1.74. The van der Waals surface area contributed by atoms with Crippen LogP contribution in [0.5, 0.6) is 0 Å². The van der Waals surface area contributed by atoms with Crippen LogP contribution in [0.15, 0.2) is 5.11 Å². The molecule has 0 bridgehead atoms. The molecule has 0 spiro atoms. The number of carbonyl (C=O) groups is 3. The summed E-state index contributed by atoms with van der Waals surface area (Å²) in [6.07, 6.45) is 0.279. The zero-order valence-corrected chi connectivity index (χ0v) is 14.3. The van der Waals surface area contributed by atoms with E-state index in [2.05, 4.69) is 15.3 Å². The number of aliphatic carboxylic acids is 1. The Bertz CT molecular complexity index is 467. The molecule has 0 atom stereocenters. The summed E-state index contributed by atoms with van der Waals surface area (Å²) < 4.78 is 10.4. The van der Waals surface area contributed by atoms with E-state index in [1.807, 2.05) is 0 Å². The van der Waals surface area contributed by atoms with Gasteiger partial charge in [-0.25, -0.2) is 0 Å². The zero-order chi connectivity index (χ0) is 18.9. The van der Waals surface area contributed by atoms with Crippen molar-refractivity contribution in [2.24, 2.45) is 5.11 Å². The number of carboxylic acids is 1. The first-order valence-corrected chi connectivity index (χ1v) is 7.87. The van der Waals surface area contributed by atoms with Gasteiger partial charge in [-0.1, -0.05) is 5.11 Å². The second-order valence-corrected chi connectivity index (χ2v) is 4.98. The van der Waals surface area contributed by atoms with Gasteiger partial charge in [-0.15, -0.1) is 0 Å². The highest BCUT2D eigenvalue weighted by Gasteiger charge is 2.14. The highest BCUT2D eigenvalue weighted by Crippen LogP contribution is 1.98. The third kappa shape index (κ3) is 14.9. The maximum absolute atomic E-state index is 12.0. The van der Waals surface area contributed by atoms with E-state index in [0.717, 1.165) is 0 Å². The van der Waals surface area contributed by atoms with Crippen molar-refractivity contribution in [3.05, 3.63) is 10.4 Å². The van der Waals surface area contributed by atoms with E-state index in [1.165, 1.54) is 11.8 Å². The third-order valence-electron chi connectivity index (χ3n) is 2.92. The normalized spacial score (nSPS) is 9.96. The average molecular weight is 359 g/mol. The van der Waals surface area contributed by atoms with Crippen LogP contribution < -0.4 is 5.32 Å². The molecule has 0 aromatic rings. The molecule has 11 nitrogen and oxygen atoms in total. The maximum Gasteiger partial charge on any atom is 0.305 e. The molecule has 0 saturated heterocycles. The van der Waals surface area contributed by atoms with Gasteiger partial charge in [-0.05, 0) is 12.0 Å². The van der Waals surface area contributed by atoms with Crippen molar-refractivity contribution in [3.8, 4) is 0 Å². The number of azide groups is 1. The summed E-state index contributed by atoms with van der Waals surface area (Å²) >= 11 is 0. The number of nitrogens with one attached hydrogen (secondary N) is 1. The van der Waals surface area contributed by atoms with Crippen molar-refractivity contribution < 1.29 is 29.0 Å². The summed E-state index contributed by atoms with van der Waals surface area (Å²) in [7, 11) is 0. The molecule has 25 heavy (non-hydrogen) atoms. The minimum atomic E-state index is -0.999. The number of ether oxygens (including phenoxy) is 2. The summed E-state index contributed by atoms with van der Waals surface area (Å²) in [5.74, 6) is -1.46. The van der Waals surface area contributed by atoms with Gasteiger partial charge in [0.25, 0.3) is 0 Å². The van der Waals surface area contributed by atoms with Gasteiger partial charge in [-0.2, -0.15) is 0 Å². The van der Waals surface area contributed by atoms with E-state index >= 15 is 0 Å². The average Bonchev–Trinajstić information content (AvgIpc) is 2.55. The Hall–Kier alpha value is -2.36. The van der Waals surface area contributed by atoms with E-state index in [1.54, 1.807) is 0 Å². The summed E-state index contributed by atoms with van der Waals surface area (Å²) in [5.41, 5.74) is 8.21. The van der Waals surface area contributed by atoms with Crippen molar-refractivity contribution in [2.45, 2.75) is 19.8 Å². The van der Waals surface area contributed by atoms with Gasteiger partial charge in [0.15, 0.2) is 0 Å². The Balaban J connectivity index is 3.96. The molecule has 11 heteroatoms. The van der Waals surface area contributed by atoms with Crippen LogP contribution in [0.4, 0.5) is 0 Å². The van der Waals surface area contributed by atoms with Crippen LogP contribution >= 0.6 is 0 Å². The molecule has 0 aliphatic heterocycles. The second-order valence-electron chi connectivity index (χ2n) is 4.98. The first-order valence-electron chi connectivity index (χ1n) is 7.87. The van der Waals surface area contributed by atoms with Gasteiger partial charge in [0.05, 0.1) is 26.2 Å². The molecule has 2 N–H and O–H groups in total. The lowest BCUT2D eigenvalue weighted by Crippen LogP contribution is -2.37. The van der Waals surface area contributed by atoms with Gasteiger partial charge < -0.3 is 24.8 Å². The predicted molar refractivity (Wildman–Crippen MR) is 87.8 cm³/mol. The highest BCUT2D eigenvalue weighted by atomic mass is 16.5. The fraction of sp³-hybridized carbons (Fsp3) is 0.786. The molecular weight excluding hydrogens is 334 g/mol. The first-order chi connectivity index (χ1) is 12.0. The van der Waals surface area contributed by atoms with E-state index in [0.29, 0.717) is 26.1 Å². The maximum atomic E-state index is 12.0. The Kier molecular flexibility index (Phi) is 13.8. The largest absolute Gasteiger partial charge is 0.481 e. The van der Waals surface area contributed by atoms with Crippen LogP contribution in [0.25, 0.3) is 10.4 Å². The Labute approximate surface area is 145 Å². The number of hydrogen-bond donors (Lipinski definition) is 2. The molecular formula is C14H25N5O6. The zero-order valence-electron chi connectivity index (χ0n) is 14.3. The molecule has 2 amide bonds. The molecule has 0 fully saturated rings. The van der Waals surface area contributed by atoms with Crippen LogP contribution in [0.1, 0.15) is 19.8 Å². The van der Waals surface area contributed by atoms with Gasteiger partial charge in [0.1, 0.15) is 6.61 Å². The van der Waals surface area contributed by atoms with E-state index < -0.39 is 5.97 Å². The van der Waals surface area contributed by atoms with Crippen molar-refractivity contribution in [3.63, 3.8) is 0 Å². The lowest BCUT2D eigenvalue weighted by Gasteiger charge is -2.21. The minimum Gasteiger partial charge on any atom is -0.481 e. The topological polar surface area (TPSA) is 154 Å². The Morgan fingerprint density at radius 1 is 1.20 bits per heavy atom. The number of carbonyl (C=O) groups excluding carboxylic acids is 2. The summed E-state index contributed by atoms with van der Waals surface area (Å²) in [5, 5.41) is 14.7. The molecule has 0 rings (SSSR count). The SMILES string of the molecule is CC(=O)NCCOCCOCC(=O)N(CCCN=[N+]=[N-])CCC(=O)O. The fourth-order valence-corrected chi connectivity index (χ4v) is 1.74. The Morgan fingerprint density at radius 2 is 1.92 bits per heavy atom. The first kappa shape index (κ1) is 22.6. The standard InChI is InChI=1S/C14H25N5O6/c1-12(20)16-5-8-24-9-10-25-11-13(21)19(7-3-14(22)23)6-2-4-17-18-15/h2-11H2,1H3,(H,16,20)(H,22,23).